The second kappa shape index (κ2) is 9.11. The number of sulfonamides is 2. The number of nitrogens with zero attached hydrogens (tertiary/aromatic N) is 2. The fraction of sp³-hybridized carbons (Fsp3) is 0.400. The molecule has 1 heterocycles. The van der Waals surface area contributed by atoms with Gasteiger partial charge in [0.2, 0.25) is 20.0 Å². The molecule has 1 unspecified atom stereocenters. The van der Waals surface area contributed by atoms with Gasteiger partial charge in [0, 0.05) is 25.7 Å². The second-order valence-electron chi connectivity index (χ2n) is 7.47. The molecule has 1 saturated heterocycles. The van der Waals surface area contributed by atoms with Crippen molar-refractivity contribution in [3.8, 4) is 0 Å². The van der Waals surface area contributed by atoms with Crippen molar-refractivity contribution < 1.29 is 21.2 Å². The van der Waals surface area contributed by atoms with Crippen LogP contribution in [0, 0.1) is 5.82 Å². The minimum absolute atomic E-state index is 0.0281. The van der Waals surface area contributed by atoms with Gasteiger partial charge in [0.25, 0.3) is 0 Å². The highest BCUT2D eigenvalue weighted by molar-refractivity contribution is 7.89. The molecule has 1 fully saturated rings. The molecule has 0 saturated carbocycles. The van der Waals surface area contributed by atoms with Gasteiger partial charge in [-0.15, -0.1) is 0 Å². The van der Waals surface area contributed by atoms with Crippen molar-refractivity contribution in [2.75, 3.05) is 33.7 Å². The van der Waals surface area contributed by atoms with Crippen LogP contribution in [0.1, 0.15) is 24.4 Å². The lowest BCUT2D eigenvalue weighted by Gasteiger charge is -2.25. The Kier molecular flexibility index (Phi) is 6.93. The summed E-state index contributed by atoms with van der Waals surface area (Å²) < 4.78 is 68.1. The van der Waals surface area contributed by atoms with Gasteiger partial charge in [-0.3, -0.25) is 0 Å². The zero-order valence-corrected chi connectivity index (χ0v) is 18.6. The van der Waals surface area contributed by atoms with Crippen molar-refractivity contribution in [1.82, 2.24) is 13.9 Å². The van der Waals surface area contributed by atoms with Crippen LogP contribution in [-0.2, 0) is 20.0 Å². The van der Waals surface area contributed by atoms with Crippen molar-refractivity contribution >= 4 is 20.0 Å². The summed E-state index contributed by atoms with van der Waals surface area (Å²) in [7, 11) is -3.91. The highest BCUT2D eigenvalue weighted by Gasteiger charge is 2.27. The van der Waals surface area contributed by atoms with Crippen LogP contribution in [0.15, 0.2) is 58.3 Å². The highest BCUT2D eigenvalue weighted by Crippen LogP contribution is 2.23. The van der Waals surface area contributed by atoms with Crippen LogP contribution >= 0.6 is 0 Å². The third-order valence-electron chi connectivity index (χ3n) is 5.16. The highest BCUT2D eigenvalue weighted by atomic mass is 32.2. The van der Waals surface area contributed by atoms with Gasteiger partial charge < -0.3 is 4.90 Å². The van der Waals surface area contributed by atoms with Gasteiger partial charge >= 0.3 is 0 Å². The zero-order chi connectivity index (χ0) is 21.9. The lowest BCUT2D eigenvalue weighted by atomic mass is 10.1. The molecule has 3 rings (SSSR count). The van der Waals surface area contributed by atoms with E-state index in [1.54, 1.807) is 31.1 Å². The van der Waals surface area contributed by atoms with Crippen LogP contribution in [0.25, 0.3) is 0 Å². The van der Waals surface area contributed by atoms with E-state index in [1.807, 2.05) is 0 Å². The molecule has 1 N–H and O–H groups in total. The first-order chi connectivity index (χ1) is 14.1. The van der Waals surface area contributed by atoms with Crippen molar-refractivity contribution in [1.29, 1.82) is 0 Å². The van der Waals surface area contributed by atoms with Crippen molar-refractivity contribution in [2.45, 2.75) is 28.7 Å². The Balaban J connectivity index is 1.75. The molecule has 0 bridgehead atoms. The molecule has 7 nitrogen and oxygen atoms in total. The predicted molar refractivity (Wildman–Crippen MR) is 112 cm³/mol. The van der Waals surface area contributed by atoms with E-state index in [2.05, 4.69) is 4.72 Å². The first kappa shape index (κ1) is 22.8. The van der Waals surface area contributed by atoms with Gasteiger partial charge in [0.15, 0.2) is 0 Å². The maximum absolute atomic E-state index is 13.6. The molecule has 2 aromatic rings. The Morgan fingerprint density at radius 2 is 1.60 bits per heavy atom. The Labute approximate surface area is 177 Å². The summed E-state index contributed by atoms with van der Waals surface area (Å²) in [5, 5.41) is 0. The SMILES string of the molecule is CN(C)C(CNS(=O)(=O)c1ccc(S(=O)(=O)N2CCCC2)cc1)c1cccc(F)c1. The first-order valence-electron chi connectivity index (χ1n) is 9.63. The smallest absolute Gasteiger partial charge is 0.243 e. The molecule has 164 valence electrons. The van der Waals surface area contributed by atoms with Crippen molar-refractivity contribution in [2.24, 2.45) is 0 Å². The summed E-state index contributed by atoms with van der Waals surface area (Å²) >= 11 is 0. The Hall–Kier alpha value is -1.85. The van der Waals surface area contributed by atoms with Crippen LogP contribution in [0.2, 0.25) is 0 Å². The molecule has 10 heteroatoms. The molecule has 0 spiro atoms. The van der Waals surface area contributed by atoms with Crippen molar-refractivity contribution in [3.63, 3.8) is 0 Å². The molecule has 2 aromatic carbocycles. The lowest BCUT2D eigenvalue weighted by Crippen LogP contribution is -2.34. The quantitative estimate of drug-likeness (QED) is 0.659. The number of hydrogen-bond acceptors (Lipinski definition) is 5. The second-order valence-corrected chi connectivity index (χ2v) is 11.2. The summed E-state index contributed by atoms with van der Waals surface area (Å²) in [5.74, 6) is -0.392. The van der Waals surface area contributed by atoms with Crippen LogP contribution in [0.4, 0.5) is 4.39 Å². The molecule has 0 amide bonds. The number of benzene rings is 2. The number of rotatable bonds is 8. The average molecular weight is 456 g/mol. The molecule has 30 heavy (non-hydrogen) atoms. The average Bonchev–Trinajstić information content (AvgIpc) is 3.24. The molecule has 0 aliphatic carbocycles. The zero-order valence-electron chi connectivity index (χ0n) is 17.0. The molecule has 1 aliphatic rings. The summed E-state index contributed by atoms with van der Waals surface area (Å²) in [6, 6.07) is 10.9. The molecule has 0 aromatic heterocycles. The predicted octanol–water partition coefficient (Wildman–Crippen LogP) is 2.19. The normalized spacial score (nSPS) is 16.8. The Bertz CT molecular complexity index is 1080. The number of hydrogen-bond donors (Lipinski definition) is 1. The summed E-state index contributed by atoms with van der Waals surface area (Å²) in [5.41, 5.74) is 0.648. The third kappa shape index (κ3) is 5.06. The van der Waals surface area contributed by atoms with Crippen LogP contribution in [0.3, 0.4) is 0 Å². The molecule has 0 radical (unpaired) electrons. The van der Waals surface area contributed by atoms with Gasteiger partial charge in [-0.05, 0) is 68.9 Å². The van der Waals surface area contributed by atoms with Gasteiger partial charge in [-0.2, -0.15) is 4.31 Å². The van der Waals surface area contributed by atoms with E-state index >= 15 is 0 Å². The monoisotopic (exact) mass is 455 g/mol. The van der Waals surface area contributed by atoms with Crippen LogP contribution in [-0.4, -0.2) is 59.8 Å². The van der Waals surface area contributed by atoms with Crippen LogP contribution < -0.4 is 4.72 Å². The minimum Gasteiger partial charge on any atom is -0.301 e. The lowest BCUT2D eigenvalue weighted by molar-refractivity contribution is 0.299. The van der Waals surface area contributed by atoms with Crippen molar-refractivity contribution in [3.05, 3.63) is 59.9 Å². The standard InChI is InChI=1S/C20H26FN3O4S2/c1-23(2)20(16-6-5-7-17(21)14-16)15-22-29(25,26)18-8-10-19(11-9-18)30(27,28)24-12-3-4-13-24/h5-11,14,20,22H,3-4,12-13,15H2,1-2H3. The summed E-state index contributed by atoms with van der Waals surface area (Å²) in [6.07, 6.45) is 1.65. The molecule has 1 aliphatic heterocycles. The maximum Gasteiger partial charge on any atom is 0.243 e. The first-order valence-corrected chi connectivity index (χ1v) is 12.6. The molecule has 1 atom stereocenters. The van der Waals surface area contributed by atoms with Crippen LogP contribution in [0.5, 0.6) is 0 Å². The number of likely N-dealkylation sites (N-methyl/N-ethyl adjacent to an activating group) is 1. The largest absolute Gasteiger partial charge is 0.301 e. The topological polar surface area (TPSA) is 86.8 Å². The van der Waals surface area contributed by atoms with E-state index in [0.717, 1.165) is 12.8 Å². The fourth-order valence-corrected chi connectivity index (χ4v) is 6.01. The van der Waals surface area contributed by atoms with Gasteiger partial charge in [-0.1, -0.05) is 12.1 Å². The van der Waals surface area contributed by atoms with E-state index < -0.39 is 25.9 Å². The minimum atomic E-state index is -3.87. The Morgan fingerprint density at radius 3 is 2.17 bits per heavy atom. The van der Waals surface area contributed by atoms with E-state index in [4.69, 9.17) is 0 Å². The van der Waals surface area contributed by atoms with E-state index in [-0.39, 0.29) is 22.4 Å². The van der Waals surface area contributed by atoms with Gasteiger partial charge in [0.05, 0.1) is 9.79 Å². The Morgan fingerprint density at radius 1 is 1.00 bits per heavy atom. The van der Waals surface area contributed by atoms with Gasteiger partial charge in [0.1, 0.15) is 5.82 Å². The van der Waals surface area contributed by atoms with E-state index in [0.29, 0.717) is 18.7 Å². The summed E-state index contributed by atoms with van der Waals surface area (Å²) in [4.78, 5) is 1.84. The third-order valence-corrected chi connectivity index (χ3v) is 8.51. The van der Waals surface area contributed by atoms with E-state index in [1.165, 1.54) is 40.7 Å². The molecular formula is C20H26FN3O4S2. The fourth-order valence-electron chi connectivity index (χ4n) is 3.45. The number of nitrogens with one attached hydrogen (secondary N) is 1. The van der Waals surface area contributed by atoms with Gasteiger partial charge in [-0.25, -0.2) is 25.9 Å². The van der Waals surface area contributed by atoms with E-state index in [9.17, 15) is 21.2 Å². The molecular weight excluding hydrogens is 429 g/mol. The summed E-state index contributed by atoms with van der Waals surface area (Å²) in [6.45, 7) is 0.999. The number of halogens is 1. The maximum atomic E-state index is 13.6.